The minimum Gasteiger partial charge on any atom is -0.385 e. The molecule has 1 aromatic rings. The van der Waals surface area contributed by atoms with Crippen molar-refractivity contribution in [2.75, 3.05) is 32.7 Å². The molecule has 0 saturated carbocycles. The van der Waals surface area contributed by atoms with Crippen molar-refractivity contribution in [3.05, 3.63) is 5.01 Å². The van der Waals surface area contributed by atoms with Crippen LogP contribution in [0.3, 0.4) is 0 Å². The number of methoxy groups -OCH3 is 1. The van der Waals surface area contributed by atoms with Gasteiger partial charge >= 0.3 is 0 Å². The second kappa shape index (κ2) is 6.67. The molecule has 1 aromatic heterocycles. The van der Waals surface area contributed by atoms with Crippen molar-refractivity contribution in [3.8, 4) is 0 Å². The van der Waals surface area contributed by atoms with Crippen LogP contribution in [0.1, 0.15) is 11.4 Å². The quantitative estimate of drug-likeness (QED) is 0.399. The van der Waals surface area contributed by atoms with E-state index in [-0.39, 0.29) is 0 Å². The maximum absolute atomic E-state index is 5.22. The van der Waals surface area contributed by atoms with Gasteiger partial charge in [0.25, 0.3) is 0 Å². The summed E-state index contributed by atoms with van der Waals surface area (Å²) in [7, 11) is 3.76. The maximum atomic E-state index is 5.22. The Bertz CT molecular complexity index is 280. The first kappa shape index (κ1) is 12.3. The van der Waals surface area contributed by atoms with Crippen LogP contribution >= 0.6 is 11.3 Å². The summed E-state index contributed by atoms with van der Waals surface area (Å²) in [6, 6.07) is 0. The third-order valence-electron chi connectivity index (χ3n) is 1.88. The molecule has 0 amide bonds. The molecule has 0 atom stereocenters. The van der Waals surface area contributed by atoms with E-state index in [4.69, 9.17) is 10.6 Å². The monoisotopic (exact) mass is 231 g/mol. The van der Waals surface area contributed by atoms with E-state index in [1.807, 2.05) is 7.05 Å². The number of nitrogens with two attached hydrogens (primary N) is 1. The van der Waals surface area contributed by atoms with Crippen molar-refractivity contribution in [2.24, 2.45) is 5.84 Å². The summed E-state index contributed by atoms with van der Waals surface area (Å²) in [6.45, 7) is 2.57. The Balaban J connectivity index is 2.27. The number of rotatable bonds is 7. The largest absolute Gasteiger partial charge is 0.385 e. The Morgan fingerprint density at radius 1 is 1.53 bits per heavy atom. The lowest BCUT2D eigenvalue weighted by Gasteiger charge is -2.13. The molecule has 0 aliphatic carbocycles. The summed E-state index contributed by atoms with van der Waals surface area (Å²) in [5.74, 6) is 5.22. The van der Waals surface area contributed by atoms with Gasteiger partial charge in [0.05, 0.1) is 6.54 Å². The maximum Gasteiger partial charge on any atom is 0.219 e. The van der Waals surface area contributed by atoms with Gasteiger partial charge < -0.3 is 4.74 Å². The fraction of sp³-hybridized carbons (Fsp3) is 0.750. The molecule has 0 unspecified atom stereocenters. The molecule has 0 bridgehead atoms. The van der Waals surface area contributed by atoms with E-state index in [2.05, 4.69) is 20.5 Å². The number of nitrogens with one attached hydrogen (secondary N) is 1. The summed E-state index contributed by atoms with van der Waals surface area (Å²) < 4.78 is 4.99. The molecule has 1 heterocycles. The zero-order valence-electron chi connectivity index (χ0n) is 9.06. The summed E-state index contributed by atoms with van der Waals surface area (Å²) in [6.07, 6.45) is 1.02. The van der Waals surface area contributed by atoms with Gasteiger partial charge in [-0.1, -0.05) is 11.3 Å². The van der Waals surface area contributed by atoms with Crippen molar-refractivity contribution in [3.63, 3.8) is 0 Å². The number of hydrazine groups is 1. The lowest BCUT2D eigenvalue weighted by Crippen LogP contribution is -2.20. The Kier molecular flexibility index (Phi) is 5.48. The molecule has 7 heteroatoms. The zero-order chi connectivity index (χ0) is 11.1. The topological polar surface area (TPSA) is 76.3 Å². The van der Waals surface area contributed by atoms with E-state index in [1.165, 1.54) is 11.3 Å². The first-order valence-electron chi connectivity index (χ1n) is 4.72. The summed E-state index contributed by atoms with van der Waals surface area (Å²) >= 11 is 1.47. The number of aromatic nitrogens is 2. The highest BCUT2D eigenvalue weighted by molar-refractivity contribution is 7.15. The molecule has 0 aliphatic rings. The normalized spacial score (nSPS) is 10.9. The van der Waals surface area contributed by atoms with Gasteiger partial charge in [-0.3, -0.25) is 10.3 Å². The van der Waals surface area contributed by atoms with Crippen LogP contribution in [0.25, 0.3) is 0 Å². The number of nitrogen functional groups attached to an aromatic ring is 1. The molecule has 0 radical (unpaired) electrons. The van der Waals surface area contributed by atoms with E-state index in [1.54, 1.807) is 7.11 Å². The van der Waals surface area contributed by atoms with Crippen molar-refractivity contribution in [2.45, 2.75) is 13.0 Å². The van der Waals surface area contributed by atoms with Crippen molar-refractivity contribution in [1.82, 2.24) is 15.1 Å². The number of nitrogens with zero attached hydrogens (tertiary/aromatic N) is 3. The van der Waals surface area contributed by atoms with Gasteiger partial charge in [-0.2, -0.15) is 0 Å². The Hall–Kier alpha value is -0.760. The van der Waals surface area contributed by atoms with E-state index < -0.39 is 0 Å². The number of hydrogen-bond acceptors (Lipinski definition) is 7. The first-order valence-corrected chi connectivity index (χ1v) is 5.54. The summed E-state index contributed by atoms with van der Waals surface area (Å²) in [4.78, 5) is 2.18. The average Bonchev–Trinajstić information content (AvgIpc) is 2.66. The van der Waals surface area contributed by atoms with Crippen LogP contribution in [0.2, 0.25) is 0 Å². The second-order valence-corrected chi connectivity index (χ2v) is 4.29. The van der Waals surface area contributed by atoms with Crippen molar-refractivity contribution in [1.29, 1.82) is 0 Å². The van der Waals surface area contributed by atoms with Crippen LogP contribution in [-0.4, -0.2) is 42.4 Å². The van der Waals surface area contributed by atoms with Crippen molar-refractivity contribution >= 4 is 16.5 Å². The van der Waals surface area contributed by atoms with Crippen LogP contribution in [0.4, 0.5) is 5.13 Å². The predicted molar refractivity (Wildman–Crippen MR) is 60.5 cm³/mol. The van der Waals surface area contributed by atoms with Crippen molar-refractivity contribution < 1.29 is 4.74 Å². The SMILES string of the molecule is COCCCN(C)Cc1nnc(NN)s1. The summed E-state index contributed by atoms with van der Waals surface area (Å²) in [5.41, 5.74) is 2.48. The molecule has 15 heavy (non-hydrogen) atoms. The van der Waals surface area contributed by atoms with E-state index in [9.17, 15) is 0 Å². The highest BCUT2D eigenvalue weighted by Gasteiger charge is 2.05. The molecule has 0 aromatic carbocycles. The van der Waals surface area contributed by atoms with Crippen LogP contribution in [0, 0.1) is 0 Å². The minimum atomic E-state index is 0.648. The lowest BCUT2D eigenvalue weighted by atomic mass is 10.4. The molecule has 1 rings (SSSR count). The smallest absolute Gasteiger partial charge is 0.219 e. The molecule has 0 fully saturated rings. The predicted octanol–water partition coefficient (Wildman–Crippen LogP) is 0.292. The van der Waals surface area contributed by atoms with E-state index in [0.717, 1.165) is 31.1 Å². The van der Waals surface area contributed by atoms with Crippen LogP contribution < -0.4 is 11.3 Å². The average molecular weight is 231 g/mol. The standard InChI is InChI=1S/C8H17N5OS/c1-13(4-3-5-14-2)6-7-11-12-8(10-9)15-7/h3-6,9H2,1-2H3,(H,10,12). The summed E-state index contributed by atoms with van der Waals surface area (Å²) in [5, 5.41) is 9.48. The fourth-order valence-electron chi connectivity index (χ4n) is 1.16. The van der Waals surface area contributed by atoms with E-state index in [0.29, 0.717) is 5.13 Å². The van der Waals surface area contributed by atoms with Gasteiger partial charge in [-0.25, -0.2) is 5.84 Å². The second-order valence-electron chi connectivity index (χ2n) is 3.23. The number of hydrogen-bond donors (Lipinski definition) is 2. The fourth-order valence-corrected chi connectivity index (χ4v) is 1.89. The number of ether oxygens (including phenoxy) is 1. The third kappa shape index (κ3) is 4.52. The third-order valence-corrected chi connectivity index (χ3v) is 2.72. The Morgan fingerprint density at radius 3 is 2.93 bits per heavy atom. The molecule has 0 saturated heterocycles. The highest BCUT2D eigenvalue weighted by Crippen LogP contribution is 2.14. The lowest BCUT2D eigenvalue weighted by molar-refractivity contribution is 0.178. The molecule has 86 valence electrons. The molecular weight excluding hydrogens is 214 g/mol. The van der Waals surface area contributed by atoms with Gasteiger partial charge in [0.1, 0.15) is 5.01 Å². The van der Waals surface area contributed by atoms with Gasteiger partial charge in [-0.15, -0.1) is 10.2 Å². The van der Waals surface area contributed by atoms with Gasteiger partial charge in [0.2, 0.25) is 5.13 Å². The molecule has 0 spiro atoms. The van der Waals surface area contributed by atoms with E-state index >= 15 is 0 Å². The molecular formula is C8H17N5OS. The first-order chi connectivity index (χ1) is 7.26. The zero-order valence-corrected chi connectivity index (χ0v) is 9.88. The molecule has 6 nitrogen and oxygen atoms in total. The minimum absolute atomic E-state index is 0.648. The van der Waals surface area contributed by atoms with Crippen LogP contribution in [0.5, 0.6) is 0 Å². The molecule has 0 aliphatic heterocycles. The molecule has 3 N–H and O–H groups in total. The number of anilines is 1. The van der Waals surface area contributed by atoms with Crippen LogP contribution in [0.15, 0.2) is 0 Å². The Labute approximate surface area is 93.4 Å². The Morgan fingerprint density at radius 2 is 2.33 bits per heavy atom. The van der Waals surface area contributed by atoms with Gasteiger partial charge in [-0.05, 0) is 13.5 Å². The highest BCUT2D eigenvalue weighted by atomic mass is 32.1. The van der Waals surface area contributed by atoms with Gasteiger partial charge in [0, 0.05) is 20.3 Å². The van der Waals surface area contributed by atoms with Gasteiger partial charge in [0.15, 0.2) is 0 Å². The van der Waals surface area contributed by atoms with Crippen LogP contribution in [-0.2, 0) is 11.3 Å².